The minimum Gasteiger partial charge on any atom is -0.358 e. The molecule has 0 spiro atoms. The van der Waals surface area contributed by atoms with Crippen LogP contribution in [0.5, 0.6) is 0 Å². The molecule has 21 heavy (non-hydrogen) atoms. The monoisotopic (exact) mass is 295 g/mol. The van der Waals surface area contributed by atoms with E-state index in [4.69, 9.17) is 0 Å². The van der Waals surface area contributed by atoms with Crippen molar-refractivity contribution >= 4 is 5.82 Å². The summed E-state index contributed by atoms with van der Waals surface area (Å²) >= 11 is 0. The van der Waals surface area contributed by atoms with Gasteiger partial charge in [0, 0.05) is 32.1 Å². The molecule has 0 aromatic carbocycles. The van der Waals surface area contributed by atoms with Gasteiger partial charge in [0.1, 0.15) is 12.7 Å². The average molecular weight is 295 g/mol. The van der Waals surface area contributed by atoms with E-state index in [1.54, 1.807) is 4.57 Å². The van der Waals surface area contributed by atoms with Gasteiger partial charge in [0.2, 0.25) is 0 Å². The van der Waals surface area contributed by atoms with Crippen molar-refractivity contribution < 1.29 is 4.92 Å². The van der Waals surface area contributed by atoms with Gasteiger partial charge in [0.05, 0.1) is 0 Å². The number of aryl methyl sites for hydroxylation is 1. The zero-order valence-electron chi connectivity index (χ0n) is 13.1. The summed E-state index contributed by atoms with van der Waals surface area (Å²) in [5.41, 5.74) is 0. The normalized spacial score (nSPS) is 18.8. The molecule has 7 nitrogen and oxygen atoms in total. The van der Waals surface area contributed by atoms with E-state index < -0.39 is 0 Å². The first-order valence-electron chi connectivity index (χ1n) is 7.63. The van der Waals surface area contributed by atoms with Crippen molar-refractivity contribution in [1.29, 1.82) is 0 Å². The molecule has 0 amide bonds. The van der Waals surface area contributed by atoms with Crippen molar-refractivity contribution in [3.63, 3.8) is 0 Å². The van der Waals surface area contributed by atoms with Crippen molar-refractivity contribution in [2.24, 2.45) is 0 Å². The first-order chi connectivity index (χ1) is 9.99. The van der Waals surface area contributed by atoms with Crippen LogP contribution in [0.4, 0.5) is 5.82 Å². The summed E-state index contributed by atoms with van der Waals surface area (Å²) in [4.78, 5) is 17.1. The first kappa shape index (κ1) is 15.9. The highest BCUT2D eigenvalue weighted by molar-refractivity contribution is 5.18. The van der Waals surface area contributed by atoms with Gasteiger partial charge >= 0.3 is 5.82 Å². The third-order valence-electron chi connectivity index (χ3n) is 4.18. The van der Waals surface area contributed by atoms with E-state index in [9.17, 15) is 10.1 Å². The van der Waals surface area contributed by atoms with Crippen molar-refractivity contribution in [2.75, 3.05) is 19.6 Å². The fourth-order valence-corrected chi connectivity index (χ4v) is 2.86. The van der Waals surface area contributed by atoms with Gasteiger partial charge in [-0.1, -0.05) is 0 Å². The van der Waals surface area contributed by atoms with E-state index in [1.165, 1.54) is 19.0 Å². The van der Waals surface area contributed by atoms with E-state index in [0.29, 0.717) is 24.5 Å². The summed E-state index contributed by atoms with van der Waals surface area (Å²) in [6.07, 6.45) is 3.80. The van der Waals surface area contributed by atoms with Gasteiger partial charge in [0.15, 0.2) is 5.82 Å². The second-order valence-electron chi connectivity index (χ2n) is 5.95. The lowest BCUT2D eigenvalue weighted by Crippen LogP contribution is -2.42. The number of rotatable bonds is 7. The standard InChI is InChI=1S/C14H25N5O2/c1-11(2)17(10-13-5-4-6-15-13)7-8-18-12(3)16-9-14(18)19(20)21/h9,11,13,15H,4-8,10H2,1-3H3. The van der Waals surface area contributed by atoms with Gasteiger partial charge in [-0.25, -0.2) is 9.55 Å². The minimum atomic E-state index is -0.363. The Morgan fingerprint density at radius 2 is 2.38 bits per heavy atom. The molecule has 1 fully saturated rings. The molecule has 1 atom stereocenters. The molecule has 0 radical (unpaired) electrons. The largest absolute Gasteiger partial charge is 0.358 e. The molecule has 1 aliphatic heterocycles. The Morgan fingerprint density at radius 3 is 2.95 bits per heavy atom. The van der Waals surface area contributed by atoms with Gasteiger partial charge in [-0.2, -0.15) is 0 Å². The van der Waals surface area contributed by atoms with Crippen LogP contribution < -0.4 is 5.32 Å². The van der Waals surface area contributed by atoms with Crippen LogP contribution >= 0.6 is 0 Å². The second kappa shape index (κ2) is 7.00. The van der Waals surface area contributed by atoms with Crippen molar-refractivity contribution in [3.05, 3.63) is 22.1 Å². The molecule has 1 aromatic heterocycles. The van der Waals surface area contributed by atoms with Crippen LogP contribution in [0.25, 0.3) is 0 Å². The molecule has 118 valence electrons. The maximum atomic E-state index is 11.0. The lowest BCUT2D eigenvalue weighted by atomic mass is 10.2. The zero-order chi connectivity index (χ0) is 15.4. The number of nitrogens with zero attached hydrogens (tertiary/aromatic N) is 4. The van der Waals surface area contributed by atoms with Crippen molar-refractivity contribution in [1.82, 2.24) is 19.8 Å². The van der Waals surface area contributed by atoms with Crippen LogP contribution in [0.1, 0.15) is 32.5 Å². The third-order valence-corrected chi connectivity index (χ3v) is 4.18. The number of imidazole rings is 1. The highest BCUT2D eigenvalue weighted by Crippen LogP contribution is 2.15. The van der Waals surface area contributed by atoms with E-state index in [-0.39, 0.29) is 10.7 Å². The fourth-order valence-electron chi connectivity index (χ4n) is 2.86. The lowest BCUT2D eigenvalue weighted by molar-refractivity contribution is -0.392. The topological polar surface area (TPSA) is 76.2 Å². The second-order valence-corrected chi connectivity index (χ2v) is 5.95. The van der Waals surface area contributed by atoms with E-state index in [1.807, 2.05) is 6.92 Å². The summed E-state index contributed by atoms with van der Waals surface area (Å²) in [5, 5.41) is 14.5. The van der Waals surface area contributed by atoms with E-state index >= 15 is 0 Å². The lowest BCUT2D eigenvalue weighted by Gasteiger charge is -2.28. The number of hydrogen-bond acceptors (Lipinski definition) is 5. The molecule has 0 aliphatic carbocycles. The van der Waals surface area contributed by atoms with Crippen LogP contribution in [-0.4, -0.2) is 51.1 Å². The molecule has 0 bridgehead atoms. The van der Waals surface area contributed by atoms with Gasteiger partial charge < -0.3 is 15.4 Å². The predicted molar refractivity (Wildman–Crippen MR) is 81.4 cm³/mol. The Morgan fingerprint density at radius 1 is 1.62 bits per heavy atom. The molecular formula is C14H25N5O2. The summed E-state index contributed by atoms with van der Waals surface area (Å²) in [6.45, 7) is 9.66. The summed E-state index contributed by atoms with van der Waals surface area (Å²) in [6, 6.07) is 0.974. The van der Waals surface area contributed by atoms with Crippen LogP contribution in [0.3, 0.4) is 0 Å². The summed E-state index contributed by atoms with van der Waals surface area (Å²) in [5.74, 6) is 0.777. The highest BCUT2D eigenvalue weighted by Gasteiger charge is 2.22. The Balaban J connectivity index is 1.98. The third kappa shape index (κ3) is 4.01. The summed E-state index contributed by atoms with van der Waals surface area (Å²) in [7, 11) is 0. The quantitative estimate of drug-likeness (QED) is 0.610. The Labute approximate surface area is 125 Å². The average Bonchev–Trinajstić information content (AvgIpc) is 3.04. The number of hydrogen-bond donors (Lipinski definition) is 1. The summed E-state index contributed by atoms with van der Waals surface area (Å²) < 4.78 is 1.69. The Kier molecular flexibility index (Phi) is 5.30. The van der Waals surface area contributed by atoms with Crippen LogP contribution in [0, 0.1) is 17.0 Å². The molecule has 7 heteroatoms. The van der Waals surface area contributed by atoms with Crippen molar-refractivity contribution in [3.8, 4) is 0 Å². The minimum absolute atomic E-state index is 0.0789. The molecule has 1 saturated heterocycles. The molecule has 2 heterocycles. The molecular weight excluding hydrogens is 270 g/mol. The SMILES string of the molecule is Cc1ncc([N+](=O)[O-])n1CCN(CC1CCCN1)C(C)C. The highest BCUT2D eigenvalue weighted by atomic mass is 16.6. The fraction of sp³-hybridized carbons (Fsp3) is 0.786. The maximum Gasteiger partial charge on any atom is 0.342 e. The predicted octanol–water partition coefficient (Wildman–Crippen LogP) is 1.56. The van der Waals surface area contributed by atoms with Crippen molar-refractivity contribution in [2.45, 2.75) is 52.2 Å². The molecule has 2 rings (SSSR count). The molecule has 1 aliphatic rings. The van der Waals surface area contributed by atoms with E-state index in [2.05, 4.69) is 29.0 Å². The smallest absolute Gasteiger partial charge is 0.342 e. The maximum absolute atomic E-state index is 11.0. The molecule has 0 saturated carbocycles. The van der Waals surface area contributed by atoms with Gasteiger partial charge in [-0.05, 0) is 38.2 Å². The van der Waals surface area contributed by atoms with Gasteiger partial charge in [-0.3, -0.25) is 4.90 Å². The van der Waals surface area contributed by atoms with Crippen LogP contribution in [0.2, 0.25) is 0 Å². The molecule has 1 N–H and O–H groups in total. The first-order valence-corrected chi connectivity index (χ1v) is 7.63. The number of nitro groups is 1. The van der Waals surface area contributed by atoms with Crippen LogP contribution in [0.15, 0.2) is 6.20 Å². The van der Waals surface area contributed by atoms with E-state index in [0.717, 1.165) is 19.6 Å². The van der Waals surface area contributed by atoms with Gasteiger partial charge in [-0.15, -0.1) is 0 Å². The molecule has 1 aromatic rings. The van der Waals surface area contributed by atoms with Crippen LogP contribution in [-0.2, 0) is 6.54 Å². The molecule has 1 unspecified atom stereocenters. The Bertz CT molecular complexity index is 480. The number of nitrogens with one attached hydrogen (secondary N) is 1. The Hall–Kier alpha value is -1.47. The number of aromatic nitrogens is 2. The van der Waals surface area contributed by atoms with Gasteiger partial charge in [0.25, 0.3) is 0 Å². The zero-order valence-corrected chi connectivity index (χ0v) is 13.1.